The highest BCUT2D eigenvalue weighted by molar-refractivity contribution is 7.47. The minimum atomic E-state index is -2.42. The van der Waals surface area contributed by atoms with Crippen LogP contribution in [-0.2, 0) is 9.32 Å². The minimum Gasteiger partial charge on any atom is -0.424 e. The van der Waals surface area contributed by atoms with Gasteiger partial charge in [-0.15, -0.1) is 0 Å². The molecule has 0 aliphatic carbocycles. The van der Waals surface area contributed by atoms with Crippen LogP contribution in [0.3, 0.4) is 0 Å². The van der Waals surface area contributed by atoms with Gasteiger partial charge in [-0.25, -0.2) is 9.18 Å². The van der Waals surface area contributed by atoms with Crippen molar-refractivity contribution in [3.63, 3.8) is 0 Å². The molecule has 0 saturated carbocycles. The summed E-state index contributed by atoms with van der Waals surface area (Å²) in [7, 11) is -2.42. The summed E-state index contributed by atoms with van der Waals surface area (Å²) in [5, 5.41) is 0. The summed E-state index contributed by atoms with van der Waals surface area (Å²) in [4.78, 5) is 20.3. The Morgan fingerprint density at radius 2 is 2.12 bits per heavy atom. The first kappa shape index (κ1) is 13.0. The van der Waals surface area contributed by atoms with Crippen molar-refractivity contribution in [1.29, 1.82) is 0 Å². The van der Waals surface area contributed by atoms with E-state index in [1.807, 2.05) is 0 Å². The van der Waals surface area contributed by atoms with Crippen LogP contribution >= 0.6 is 8.38 Å². The van der Waals surface area contributed by atoms with Gasteiger partial charge in [0.1, 0.15) is 5.75 Å². The largest absolute Gasteiger partial charge is 0.424 e. The van der Waals surface area contributed by atoms with E-state index in [2.05, 4.69) is 4.52 Å². The molecule has 0 aliphatic rings. The van der Waals surface area contributed by atoms with E-state index < -0.39 is 20.3 Å². The van der Waals surface area contributed by atoms with Crippen molar-refractivity contribution in [2.45, 2.75) is 12.8 Å². The molecule has 2 atom stereocenters. The van der Waals surface area contributed by atoms with Gasteiger partial charge in [0.15, 0.2) is 0 Å². The van der Waals surface area contributed by atoms with Gasteiger partial charge in [-0.1, -0.05) is 18.2 Å². The summed E-state index contributed by atoms with van der Waals surface area (Å²) >= 11 is 0. The quantitative estimate of drug-likeness (QED) is 0.491. The van der Waals surface area contributed by atoms with Crippen LogP contribution in [0.2, 0.25) is 0 Å². The summed E-state index contributed by atoms with van der Waals surface area (Å²) in [6.45, 7) is 1.74. The van der Waals surface area contributed by atoms with E-state index in [1.54, 1.807) is 25.1 Å². The molecule has 0 heterocycles. The molecule has 0 spiro atoms. The number of para-hydroxylation sites is 1. The molecule has 1 N–H and O–H groups in total. The lowest BCUT2D eigenvalue weighted by Gasteiger charge is -2.13. The highest BCUT2D eigenvalue weighted by atomic mass is 31.2. The summed E-state index contributed by atoms with van der Waals surface area (Å²) in [5.74, 6) is -3.06. The van der Waals surface area contributed by atoms with Gasteiger partial charge in [0.2, 0.25) is 8.38 Å². The van der Waals surface area contributed by atoms with Gasteiger partial charge in [-0.2, -0.15) is 0 Å². The lowest BCUT2D eigenvalue weighted by molar-refractivity contribution is -0.137. The molecule has 0 bridgehead atoms. The van der Waals surface area contributed by atoms with Gasteiger partial charge in [0, 0.05) is 0 Å². The predicted octanol–water partition coefficient (Wildman–Crippen LogP) is 2.23. The summed E-state index contributed by atoms with van der Waals surface area (Å²) in [5.41, 5.74) is 0. The number of ether oxygens (including phenoxy) is 1. The zero-order valence-corrected chi connectivity index (χ0v) is 9.56. The average Bonchev–Trinajstić information content (AvgIpc) is 2.29. The Morgan fingerprint density at radius 1 is 1.50 bits per heavy atom. The molecule has 0 amide bonds. The molecule has 0 saturated heterocycles. The maximum atomic E-state index is 13.2. The zero-order chi connectivity index (χ0) is 12.0. The van der Waals surface area contributed by atoms with Crippen LogP contribution in [0.25, 0.3) is 0 Å². The Bertz CT molecular complexity index is 333. The van der Waals surface area contributed by atoms with Crippen molar-refractivity contribution in [3.8, 4) is 5.75 Å². The first-order valence-electron chi connectivity index (χ1n) is 4.67. The standard InChI is InChI=1S/C10H12FO4P/c1-2-14-16(13)9(11)10(12)15-8-6-4-3-5-7-8/h3-7,9,13H,2H2,1H3. The van der Waals surface area contributed by atoms with E-state index in [1.165, 1.54) is 12.1 Å². The number of rotatable bonds is 5. The van der Waals surface area contributed by atoms with Crippen LogP contribution in [0.5, 0.6) is 5.75 Å². The van der Waals surface area contributed by atoms with Crippen LogP contribution < -0.4 is 4.74 Å². The normalized spacial score (nSPS) is 14.2. The fraction of sp³-hybridized carbons (Fsp3) is 0.300. The lowest BCUT2D eigenvalue weighted by Crippen LogP contribution is -2.20. The minimum absolute atomic E-state index is 0.140. The Balaban J connectivity index is 2.52. The van der Waals surface area contributed by atoms with Crippen LogP contribution in [0.1, 0.15) is 6.92 Å². The molecule has 16 heavy (non-hydrogen) atoms. The fourth-order valence-electron chi connectivity index (χ4n) is 0.941. The third-order valence-corrected chi connectivity index (χ3v) is 2.73. The molecule has 1 rings (SSSR count). The van der Waals surface area contributed by atoms with Crippen LogP contribution in [0.15, 0.2) is 30.3 Å². The number of esters is 1. The Kier molecular flexibility index (Phi) is 5.32. The van der Waals surface area contributed by atoms with Crippen molar-refractivity contribution in [2.24, 2.45) is 0 Å². The molecule has 4 nitrogen and oxygen atoms in total. The zero-order valence-electron chi connectivity index (χ0n) is 8.67. The smallest absolute Gasteiger partial charge is 0.355 e. The van der Waals surface area contributed by atoms with Crippen LogP contribution in [0.4, 0.5) is 4.39 Å². The van der Waals surface area contributed by atoms with E-state index >= 15 is 0 Å². The second-order valence-electron chi connectivity index (χ2n) is 2.79. The summed E-state index contributed by atoms with van der Waals surface area (Å²) in [6.07, 6.45) is 0. The maximum absolute atomic E-state index is 13.2. The highest BCUT2D eigenvalue weighted by Crippen LogP contribution is 2.39. The predicted molar refractivity (Wildman–Crippen MR) is 57.7 cm³/mol. The van der Waals surface area contributed by atoms with E-state index in [0.717, 1.165) is 0 Å². The van der Waals surface area contributed by atoms with Crippen LogP contribution in [-0.4, -0.2) is 23.4 Å². The molecule has 2 unspecified atom stereocenters. The molecular formula is C10H12FO4P. The second-order valence-corrected chi connectivity index (χ2v) is 4.11. The first-order chi connectivity index (χ1) is 7.65. The topological polar surface area (TPSA) is 55.8 Å². The van der Waals surface area contributed by atoms with Crippen LogP contribution in [0, 0.1) is 0 Å². The van der Waals surface area contributed by atoms with E-state index in [-0.39, 0.29) is 12.4 Å². The molecule has 0 fully saturated rings. The molecule has 6 heteroatoms. The molecular weight excluding hydrogens is 234 g/mol. The summed E-state index contributed by atoms with van der Waals surface area (Å²) < 4.78 is 22.6. The third kappa shape index (κ3) is 3.85. The molecule has 0 radical (unpaired) electrons. The fourth-order valence-corrected chi connectivity index (χ4v) is 1.57. The van der Waals surface area contributed by atoms with E-state index in [4.69, 9.17) is 9.63 Å². The highest BCUT2D eigenvalue weighted by Gasteiger charge is 2.30. The second kappa shape index (κ2) is 6.53. The number of alkyl halides is 1. The molecule has 0 aliphatic heterocycles. The molecule has 1 aromatic carbocycles. The van der Waals surface area contributed by atoms with Crippen molar-refractivity contribution in [1.82, 2.24) is 0 Å². The summed E-state index contributed by atoms with van der Waals surface area (Å²) in [6, 6.07) is 8.08. The molecule has 1 aromatic rings. The third-order valence-electron chi connectivity index (χ3n) is 1.61. The van der Waals surface area contributed by atoms with E-state index in [9.17, 15) is 9.18 Å². The molecule has 0 aromatic heterocycles. The van der Waals surface area contributed by atoms with Gasteiger partial charge < -0.3 is 14.2 Å². The Morgan fingerprint density at radius 3 is 2.69 bits per heavy atom. The molecule has 88 valence electrons. The van der Waals surface area contributed by atoms with Crippen molar-refractivity contribution >= 4 is 14.3 Å². The number of hydrogen-bond donors (Lipinski definition) is 1. The lowest BCUT2D eigenvalue weighted by atomic mass is 10.3. The Hall–Kier alpha value is -1.03. The van der Waals surface area contributed by atoms with Gasteiger partial charge >= 0.3 is 5.97 Å². The van der Waals surface area contributed by atoms with Gasteiger partial charge in [0.25, 0.3) is 5.91 Å². The van der Waals surface area contributed by atoms with Crippen molar-refractivity contribution in [2.75, 3.05) is 6.61 Å². The number of hydrogen-bond acceptors (Lipinski definition) is 4. The number of benzene rings is 1. The number of halogens is 1. The van der Waals surface area contributed by atoms with Crippen molar-refractivity contribution < 1.29 is 23.3 Å². The maximum Gasteiger partial charge on any atom is 0.355 e. The van der Waals surface area contributed by atoms with Gasteiger partial charge in [0.05, 0.1) is 6.61 Å². The first-order valence-corrected chi connectivity index (χ1v) is 5.95. The average molecular weight is 246 g/mol. The SMILES string of the molecule is CCOP(O)C(F)C(=O)Oc1ccccc1. The van der Waals surface area contributed by atoms with Gasteiger partial charge in [-0.05, 0) is 19.1 Å². The van der Waals surface area contributed by atoms with E-state index in [0.29, 0.717) is 0 Å². The number of carbonyl (C=O) groups is 1. The Labute approximate surface area is 93.9 Å². The van der Waals surface area contributed by atoms with Gasteiger partial charge in [-0.3, -0.25) is 0 Å². The number of carbonyl (C=O) groups excluding carboxylic acids is 1. The van der Waals surface area contributed by atoms with Crippen molar-refractivity contribution in [3.05, 3.63) is 30.3 Å². The monoisotopic (exact) mass is 246 g/mol.